The summed E-state index contributed by atoms with van der Waals surface area (Å²) in [5, 5.41) is 7.83. The van der Waals surface area contributed by atoms with Crippen LogP contribution in [0.3, 0.4) is 0 Å². The molecule has 1 rings (SSSR count). The van der Waals surface area contributed by atoms with Gasteiger partial charge in [0.05, 0.1) is 18.5 Å². The van der Waals surface area contributed by atoms with Gasteiger partial charge in [0.1, 0.15) is 6.04 Å². The van der Waals surface area contributed by atoms with Gasteiger partial charge in [0.15, 0.2) is 0 Å². The molecule has 4 amide bonds. The molecule has 1 aliphatic rings. The molecule has 0 saturated carbocycles. The quantitative estimate of drug-likeness (QED) is 0.352. The number of allylic oxidation sites excluding steroid dienone is 2. The fourth-order valence-corrected chi connectivity index (χ4v) is 2.70. The van der Waals surface area contributed by atoms with E-state index in [-0.39, 0.29) is 24.4 Å². The van der Waals surface area contributed by atoms with Gasteiger partial charge in [0, 0.05) is 6.04 Å². The lowest BCUT2D eigenvalue weighted by molar-refractivity contribution is -0.132. The zero-order valence-electron chi connectivity index (χ0n) is 15.3. The molecule has 1 aliphatic carbocycles. The van der Waals surface area contributed by atoms with E-state index in [0.29, 0.717) is 19.3 Å². The molecule has 4 atom stereocenters. The molecule has 0 aliphatic heterocycles. The Kier molecular flexibility index (Phi) is 8.77. The third kappa shape index (κ3) is 7.22. The zero-order chi connectivity index (χ0) is 19.7. The minimum Gasteiger partial charge on any atom is -0.368 e. The number of hydrogen-bond acceptors (Lipinski definition) is 5. The summed E-state index contributed by atoms with van der Waals surface area (Å²) >= 11 is 0. The Bertz CT molecular complexity index is 561. The number of carbonyl (C=O) groups excluding carboxylic acids is 4. The van der Waals surface area contributed by atoms with E-state index in [1.165, 1.54) is 6.92 Å². The summed E-state index contributed by atoms with van der Waals surface area (Å²) in [6.45, 7) is 2.81. The molecular weight excluding hydrogens is 338 g/mol. The predicted molar refractivity (Wildman–Crippen MR) is 96.5 cm³/mol. The number of rotatable bonds is 7. The zero-order valence-corrected chi connectivity index (χ0v) is 15.3. The first kappa shape index (κ1) is 21.6. The Hall–Kier alpha value is -2.42. The van der Waals surface area contributed by atoms with Crippen molar-refractivity contribution in [3.63, 3.8) is 0 Å². The van der Waals surface area contributed by atoms with Crippen molar-refractivity contribution in [2.75, 3.05) is 6.54 Å². The number of nitrogens with two attached hydrogens (primary N) is 2. The van der Waals surface area contributed by atoms with E-state index >= 15 is 0 Å². The van der Waals surface area contributed by atoms with Crippen molar-refractivity contribution in [3.8, 4) is 0 Å². The average molecular weight is 367 g/mol. The third-order valence-electron chi connectivity index (χ3n) is 4.21. The maximum absolute atomic E-state index is 12.7. The largest absolute Gasteiger partial charge is 0.368 e. The Labute approximate surface area is 153 Å². The van der Waals surface area contributed by atoms with Gasteiger partial charge in [-0.1, -0.05) is 12.2 Å². The SMILES string of the molecule is C[C@H](N)C(=O)N[C@@H]1CC/C=C\CC[C@@H]1C(=O)N[C@@H](C)C(=O)NCC(N)=O. The molecule has 0 spiro atoms. The molecule has 0 heterocycles. The van der Waals surface area contributed by atoms with E-state index in [1.54, 1.807) is 6.92 Å². The highest BCUT2D eigenvalue weighted by Gasteiger charge is 2.31. The van der Waals surface area contributed by atoms with Crippen molar-refractivity contribution in [2.24, 2.45) is 17.4 Å². The molecule has 9 nitrogen and oxygen atoms in total. The lowest BCUT2D eigenvalue weighted by Crippen LogP contribution is -2.54. The monoisotopic (exact) mass is 367 g/mol. The van der Waals surface area contributed by atoms with Crippen molar-refractivity contribution in [2.45, 2.75) is 57.7 Å². The molecule has 0 fully saturated rings. The molecule has 0 aromatic heterocycles. The lowest BCUT2D eigenvalue weighted by atomic mass is 9.88. The summed E-state index contributed by atoms with van der Waals surface area (Å²) < 4.78 is 0. The van der Waals surface area contributed by atoms with Gasteiger partial charge in [-0.25, -0.2) is 0 Å². The van der Waals surface area contributed by atoms with Crippen LogP contribution >= 0.6 is 0 Å². The summed E-state index contributed by atoms with van der Waals surface area (Å²) in [6.07, 6.45) is 6.62. The topological polar surface area (TPSA) is 156 Å². The number of amides is 4. The second-order valence-electron chi connectivity index (χ2n) is 6.55. The van der Waals surface area contributed by atoms with Gasteiger partial charge >= 0.3 is 0 Å². The summed E-state index contributed by atoms with van der Waals surface area (Å²) in [4.78, 5) is 47.3. The first-order chi connectivity index (χ1) is 12.2. The highest BCUT2D eigenvalue weighted by atomic mass is 16.2. The fraction of sp³-hybridized carbons (Fsp3) is 0.647. The van der Waals surface area contributed by atoms with E-state index in [0.717, 1.165) is 6.42 Å². The molecule has 146 valence electrons. The Morgan fingerprint density at radius 3 is 2.27 bits per heavy atom. The second kappa shape index (κ2) is 10.5. The van der Waals surface area contributed by atoms with Crippen molar-refractivity contribution in [3.05, 3.63) is 12.2 Å². The van der Waals surface area contributed by atoms with Gasteiger partial charge in [-0.2, -0.15) is 0 Å². The summed E-state index contributed by atoms with van der Waals surface area (Å²) in [5.74, 6) is -2.28. The van der Waals surface area contributed by atoms with Crippen LogP contribution in [0.15, 0.2) is 12.2 Å². The van der Waals surface area contributed by atoms with Crippen LogP contribution in [0.25, 0.3) is 0 Å². The molecule has 0 radical (unpaired) electrons. The standard InChI is InChI=1S/C17H29N5O4/c1-10(18)15(24)22-13-8-6-4-3-5-7-12(13)17(26)21-11(2)16(25)20-9-14(19)23/h3-4,10-13H,5-9,18H2,1-2H3,(H2,19,23)(H,20,25)(H,21,26)(H,22,24)/b4-3-/t10-,11-,12-,13+/m0/s1. The van der Waals surface area contributed by atoms with Crippen LogP contribution in [0, 0.1) is 5.92 Å². The molecule has 0 unspecified atom stereocenters. The maximum atomic E-state index is 12.7. The van der Waals surface area contributed by atoms with E-state index in [9.17, 15) is 19.2 Å². The summed E-state index contributed by atoms with van der Waals surface area (Å²) in [6, 6.07) is -1.86. The highest BCUT2D eigenvalue weighted by molar-refractivity contribution is 5.91. The molecule has 0 bridgehead atoms. The first-order valence-electron chi connectivity index (χ1n) is 8.79. The summed E-state index contributed by atoms with van der Waals surface area (Å²) in [7, 11) is 0. The number of hydrogen-bond donors (Lipinski definition) is 5. The van der Waals surface area contributed by atoms with Crippen LogP contribution in [0.4, 0.5) is 0 Å². The molecular formula is C17H29N5O4. The van der Waals surface area contributed by atoms with Crippen molar-refractivity contribution >= 4 is 23.6 Å². The molecule has 0 saturated heterocycles. The van der Waals surface area contributed by atoms with E-state index in [1.807, 2.05) is 12.2 Å². The van der Waals surface area contributed by atoms with Crippen LogP contribution < -0.4 is 27.4 Å². The Morgan fingerprint density at radius 1 is 1.08 bits per heavy atom. The Balaban J connectivity index is 2.75. The van der Waals surface area contributed by atoms with Crippen molar-refractivity contribution in [1.82, 2.24) is 16.0 Å². The number of primary amides is 1. The van der Waals surface area contributed by atoms with Gasteiger partial charge in [0.2, 0.25) is 23.6 Å². The predicted octanol–water partition coefficient (Wildman–Crippen LogP) is -1.33. The van der Waals surface area contributed by atoms with Crippen molar-refractivity contribution < 1.29 is 19.2 Å². The van der Waals surface area contributed by atoms with E-state index in [2.05, 4.69) is 16.0 Å². The maximum Gasteiger partial charge on any atom is 0.242 e. The fourth-order valence-electron chi connectivity index (χ4n) is 2.70. The number of nitrogens with one attached hydrogen (secondary N) is 3. The first-order valence-corrected chi connectivity index (χ1v) is 8.79. The summed E-state index contributed by atoms with van der Waals surface area (Å²) in [5.41, 5.74) is 10.6. The van der Waals surface area contributed by atoms with E-state index < -0.39 is 29.8 Å². The molecule has 26 heavy (non-hydrogen) atoms. The third-order valence-corrected chi connectivity index (χ3v) is 4.21. The van der Waals surface area contributed by atoms with E-state index in [4.69, 9.17) is 11.5 Å². The smallest absolute Gasteiger partial charge is 0.242 e. The Morgan fingerprint density at radius 2 is 1.69 bits per heavy atom. The van der Waals surface area contributed by atoms with Gasteiger partial charge in [-0.3, -0.25) is 19.2 Å². The van der Waals surface area contributed by atoms with Gasteiger partial charge < -0.3 is 27.4 Å². The normalized spacial score (nSPS) is 23.5. The molecule has 0 aromatic rings. The van der Waals surface area contributed by atoms with Crippen LogP contribution in [0.2, 0.25) is 0 Å². The van der Waals surface area contributed by atoms with Crippen molar-refractivity contribution in [1.29, 1.82) is 0 Å². The van der Waals surface area contributed by atoms with Gasteiger partial charge in [0.25, 0.3) is 0 Å². The lowest BCUT2D eigenvalue weighted by Gasteiger charge is -2.29. The average Bonchev–Trinajstić information content (AvgIpc) is 2.54. The highest BCUT2D eigenvalue weighted by Crippen LogP contribution is 2.20. The molecule has 0 aromatic carbocycles. The van der Waals surface area contributed by atoms with Crippen LogP contribution in [-0.2, 0) is 19.2 Å². The van der Waals surface area contributed by atoms with Crippen LogP contribution in [0.1, 0.15) is 39.5 Å². The minimum absolute atomic E-state index is 0.291. The van der Waals surface area contributed by atoms with Gasteiger partial charge in [-0.15, -0.1) is 0 Å². The second-order valence-corrected chi connectivity index (χ2v) is 6.55. The van der Waals surface area contributed by atoms with Crippen LogP contribution in [-0.4, -0.2) is 48.3 Å². The number of carbonyl (C=O) groups is 4. The van der Waals surface area contributed by atoms with Crippen LogP contribution in [0.5, 0.6) is 0 Å². The molecule has 9 heteroatoms. The minimum atomic E-state index is -0.826. The molecule has 7 N–H and O–H groups in total. The van der Waals surface area contributed by atoms with Gasteiger partial charge in [-0.05, 0) is 39.5 Å².